The van der Waals surface area contributed by atoms with Gasteiger partial charge < -0.3 is 10.2 Å². The Balaban J connectivity index is 3.12. The summed E-state index contributed by atoms with van der Waals surface area (Å²) in [4.78, 5) is 11.4. The minimum absolute atomic E-state index is 0.0728. The summed E-state index contributed by atoms with van der Waals surface area (Å²) in [7, 11) is 0. The van der Waals surface area contributed by atoms with E-state index in [2.05, 4.69) is 5.43 Å². The number of esters is 1. The van der Waals surface area contributed by atoms with Gasteiger partial charge in [0, 0.05) is 0 Å². The molecule has 1 aromatic rings. The van der Waals surface area contributed by atoms with Crippen LogP contribution in [0.25, 0.3) is 0 Å². The van der Waals surface area contributed by atoms with E-state index < -0.39 is 11.8 Å². The Bertz CT molecular complexity index is 380. The number of hydrogen-bond donors (Lipinski definition) is 2. The van der Waals surface area contributed by atoms with Gasteiger partial charge in [-0.1, -0.05) is 0 Å². The normalized spacial score (nSPS) is 9.87. The molecule has 0 unspecified atom stereocenters. The van der Waals surface area contributed by atoms with Crippen molar-refractivity contribution in [1.29, 1.82) is 0 Å². The molecule has 4 nitrogen and oxygen atoms in total. The van der Waals surface area contributed by atoms with Crippen molar-refractivity contribution in [3.63, 3.8) is 0 Å². The molecule has 0 bridgehead atoms. The quantitative estimate of drug-likeness (QED) is 0.453. The van der Waals surface area contributed by atoms with Crippen LogP contribution < -0.4 is 11.3 Å². The number of rotatable bonds is 3. The highest BCUT2D eigenvalue weighted by molar-refractivity contribution is 5.92. The number of halogens is 1. The summed E-state index contributed by atoms with van der Waals surface area (Å²) in [6, 6.07) is 2.57. The summed E-state index contributed by atoms with van der Waals surface area (Å²) in [6.45, 7) is 3.62. The van der Waals surface area contributed by atoms with Gasteiger partial charge in [-0.15, -0.1) is 0 Å². The van der Waals surface area contributed by atoms with Crippen LogP contribution in [0.2, 0.25) is 0 Å². The number of benzene rings is 1. The number of aryl methyl sites for hydroxylation is 1. The molecule has 0 fully saturated rings. The number of ether oxygens (including phenoxy) is 1. The van der Waals surface area contributed by atoms with Crippen LogP contribution in [0.15, 0.2) is 12.1 Å². The topological polar surface area (TPSA) is 64.3 Å². The number of anilines is 1. The van der Waals surface area contributed by atoms with Gasteiger partial charge in [0.2, 0.25) is 0 Å². The Morgan fingerprint density at radius 1 is 1.60 bits per heavy atom. The number of nitrogen functional groups attached to an aromatic ring is 1. The predicted molar refractivity (Wildman–Crippen MR) is 54.9 cm³/mol. The smallest absolute Gasteiger partial charge is 0.338 e. The van der Waals surface area contributed by atoms with Gasteiger partial charge in [0.25, 0.3) is 0 Å². The molecule has 82 valence electrons. The summed E-state index contributed by atoms with van der Waals surface area (Å²) in [5.74, 6) is 4.12. The molecule has 1 rings (SSSR count). The molecule has 0 aromatic heterocycles. The first-order chi connectivity index (χ1) is 7.10. The summed E-state index contributed by atoms with van der Waals surface area (Å²) < 4.78 is 18.0. The average Bonchev–Trinajstić information content (AvgIpc) is 2.18. The average molecular weight is 212 g/mol. The van der Waals surface area contributed by atoms with Crippen molar-refractivity contribution < 1.29 is 13.9 Å². The van der Waals surface area contributed by atoms with Crippen molar-refractivity contribution in [2.45, 2.75) is 13.8 Å². The van der Waals surface area contributed by atoms with Crippen LogP contribution in [-0.2, 0) is 4.74 Å². The van der Waals surface area contributed by atoms with Gasteiger partial charge in [0.15, 0.2) is 0 Å². The fourth-order valence-corrected chi connectivity index (χ4v) is 1.21. The Morgan fingerprint density at radius 3 is 2.80 bits per heavy atom. The van der Waals surface area contributed by atoms with Crippen molar-refractivity contribution in [1.82, 2.24) is 0 Å². The minimum Gasteiger partial charge on any atom is -0.462 e. The first-order valence-electron chi connectivity index (χ1n) is 4.54. The lowest BCUT2D eigenvalue weighted by Gasteiger charge is -2.08. The molecule has 0 aliphatic heterocycles. The van der Waals surface area contributed by atoms with Crippen LogP contribution in [0.4, 0.5) is 10.1 Å². The predicted octanol–water partition coefficient (Wildman–Crippen LogP) is 1.60. The van der Waals surface area contributed by atoms with Gasteiger partial charge in [-0.2, -0.15) is 0 Å². The van der Waals surface area contributed by atoms with Gasteiger partial charge in [-0.25, -0.2) is 9.18 Å². The molecule has 3 N–H and O–H groups in total. The molecule has 1 aromatic carbocycles. The minimum atomic E-state index is -0.497. The Hall–Kier alpha value is -1.62. The molecule has 0 heterocycles. The molecule has 0 amide bonds. The first-order valence-corrected chi connectivity index (χ1v) is 4.54. The third kappa shape index (κ3) is 2.44. The third-order valence-corrected chi connectivity index (χ3v) is 1.96. The van der Waals surface area contributed by atoms with E-state index in [1.807, 2.05) is 0 Å². The van der Waals surface area contributed by atoms with E-state index in [1.165, 1.54) is 12.1 Å². The summed E-state index contributed by atoms with van der Waals surface area (Å²) in [6.07, 6.45) is 0. The molecular weight excluding hydrogens is 199 g/mol. The molecule has 0 aliphatic rings. The molecule has 0 atom stereocenters. The second-order valence-electron chi connectivity index (χ2n) is 3.01. The van der Waals surface area contributed by atoms with Gasteiger partial charge >= 0.3 is 5.97 Å². The second kappa shape index (κ2) is 4.75. The summed E-state index contributed by atoms with van der Waals surface area (Å²) in [5, 5.41) is 0. The number of carbonyl (C=O) groups excluding carboxylic acids is 1. The van der Waals surface area contributed by atoms with Crippen LogP contribution >= 0.6 is 0 Å². The lowest BCUT2D eigenvalue weighted by molar-refractivity contribution is 0.0525. The van der Waals surface area contributed by atoms with E-state index >= 15 is 0 Å². The molecule has 0 saturated heterocycles. The van der Waals surface area contributed by atoms with Gasteiger partial charge in [0.05, 0.1) is 17.9 Å². The largest absolute Gasteiger partial charge is 0.462 e. The zero-order valence-electron chi connectivity index (χ0n) is 8.63. The van der Waals surface area contributed by atoms with Crippen molar-refractivity contribution in [3.05, 3.63) is 29.1 Å². The van der Waals surface area contributed by atoms with E-state index in [0.29, 0.717) is 11.1 Å². The first kappa shape index (κ1) is 11.5. The summed E-state index contributed by atoms with van der Waals surface area (Å²) >= 11 is 0. The third-order valence-electron chi connectivity index (χ3n) is 1.96. The van der Waals surface area contributed by atoms with Crippen molar-refractivity contribution in [2.75, 3.05) is 12.0 Å². The monoisotopic (exact) mass is 212 g/mol. The Labute approximate surface area is 87.2 Å². The highest BCUT2D eigenvalue weighted by Gasteiger charge is 2.13. The van der Waals surface area contributed by atoms with E-state index in [4.69, 9.17) is 10.6 Å². The van der Waals surface area contributed by atoms with Crippen LogP contribution in [0.5, 0.6) is 0 Å². The molecule has 0 saturated carbocycles. The van der Waals surface area contributed by atoms with E-state index in [-0.39, 0.29) is 12.3 Å². The highest BCUT2D eigenvalue weighted by atomic mass is 19.1. The molecule has 0 spiro atoms. The lowest BCUT2D eigenvalue weighted by atomic mass is 10.1. The number of carbonyl (C=O) groups is 1. The van der Waals surface area contributed by atoms with E-state index in [1.54, 1.807) is 13.8 Å². The fraction of sp³-hybridized carbons (Fsp3) is 0.300. The molecule has 0 radical (unpaired) electrons. The van der Waals surface area contributed by atoms with Gasteiger partial charge in [0.1, 0.15) is 5.82 Å². The lowest BCUT2D eigenvalue weighted by Crippen LogP contribution is -2.12. The van der Waals surface area contributed by atoms with Crippen LogP contribution in [0.1, 0.15) is 22.8 Å². The maximum Gasteiger partial charge on any atom is 0.338 e. The van der Waals surface area contributed by atoms with Crippen molar-refractivity contribution >= 4 is 11.7 Å². The van der Waals surface area contributed by atoms with E-state index in [9.17, 15) is 9.18 Å². The number of hydrazine groups is 1. The zero-order valence-corrected chi connectivity index (χ0v) is 8.63. The highest BCUT2D eigenvalue weighted by Crippen LogP contribution is 2.19. The van der Waals surface area contributed by atoms with Gasteiger partial charge in [-0.05, 0) is 31.5 Å². The van der Waals surface area contributed by atoms with Gasteiger partial charge in [-0.3, -0.25) is 5.84 Å². The molecule has 0 aliphatic carbocycles. The number of nitrogens with one attached hydrogen (secondary N) is 1. The van der Waals surface area contributed by atoms with Crippen molar-refractivity contribution in [2.24, 2.45) is 5.84 Å². The number of hydrogen-bond acceptors (Lipinski definition) is 4. The standard InChI is InChI=1S/C10H13FN2O2/c1-3-15-10(14)7-5-9(13-12)8(11)4-6(7)2/h4-5,13H,3,12H2,1-2H3. The van der Waals surface area contributed by atoms with Crippen molar-refractivity contribution in [3.8, 4) is 0 Å². The molecular formula is C10H13FN2O2. The molecule has 15 heavy (non-hydrogen) atoms. The van der Waals surface area contributed by atoms with Crippen LogP contribution in [0.3, 0.4) is 0 Å². The maximum atomic E-state index is 13.2. The zero-order chi connectivity index (χ0) is 11.4. The molecule has 5 heteroatoms. The number of nitrogens with two attached hydrogens (primary N) is 1. The Kier molecular flexibility index (Phi) is 3.62. The fourth-order valence-electron chi connectivity index (χ4n) is 1.21. The van der Waals surface area contributed by atoms with Crippen LogP contribution in [-0.4, -0.2) is 12.6 Å². The second-order valence-corrected chi connectivity index (χ2v) is 3.01. The Morgan fingerprint density at radius 2 is 2.27 bits per heavy atom. The SMILES string of the molecule is CCOC(=O)c1cc(NN)c(F)cc1C. The maximum absolute atomic E-state index is 13.2. The van der Waals surface area contributed by atoms with E-state index in [0.717, 1.165) is 0 Å². The van der Waals surface area contributed by atoms with Crippen LogP contribution in [0, 0.1) is 12.7 Å². The summed E-state index contributed by atoms with van der Waals surface area (Å²) in [5.41, 5.74) is 3.08.